The highest BCUT2D eigenvalue weighted by molar-refractivity contribution is 7.44. The average molecular weight is 359 g/mol. The summed E-state index contributed by atoms with van der Waals surface area (Å²) in [7, 11) is -1.34. The standard InChI is InChI=1S/C21H27O3P/c1-12-7-14(3)20(22)18(9-12)17(11-16(5)25(6)24)19-10-13(2)8-15(4)21(19)23/h7-10,16-17H,11H2,1-6H3,(H-,22,23)/p+1. The molecule has 4 heteroatoms. The van der Waals surface area contributed by atoms with Crippen LogP contribution in [0.5, 0.6) is 11.5 Å². The molecular formula is C21H28O3P+. The number of benzene rings is 2. The molecule has 0 saturated carbocycles. The Morgan fingerprint density at radius 2 is 1.28 bits per heavy atom. The summed E-state index contributed by atoms with van der Waals surface area (Å²) in [6.45, 7) is 11.5. The molecule has 0 amide bonds. The van der Waals surface area contributed by atoms with E-state index in [0.29, 0.717) is 6.42 Å². The van der Waals surface area contributed by atoms with Gasteiger partial charge in [0.25, 0.3) is 0 Å². The van der Waals surface area contributed by atoms with Crippen molar-refractivity contribution in [2.24, 2.45) is 0 Å². The van der Waals surface area contributed by atoms with Gasteiger partial charge in [-0.3, -0.25) is 0 Å². The van der Waals surface area contributed by atoms with Gasteiger partial charge >= 0.3 is 7.80 Å². The molecule has 0 bridgehead atoms. The first-order valence-electron chi connectivity index (χ1n) is 8.62. The van der Waals surface area contributed by atoms with Crippen molar-refractivity contribution in [1.82, 2.24) is 0 Å². The molecule has 0 radical (unpaired) electrons. The van der Waals surface area contributed by atoms with E-state index < -0.39 is 7.80 Å². The van der Waals surface area contributed by atoms with E-state index in [9.17, 15) is 14.8 Å². The van der Waals surface area contributed by atoms with Gasteiger partial charge in [0.15, 0.2) is 5.66 Å². The molecule has 0 aliphatic heterocycles. The lowest BCUT2D eigenvalue weighted by Gasteiger charge is -2.23. The molecule has 0 aliphatic rings. The molecule has 0 heterocycles. The van der Waals surface area contributed by atoms with Crippen molar-refractivity contribution < 1.29 is 14.8 Å². The summed E-state index contributed by atoms with van der Waals surface area (Å²) in [6, 6.07) is 7.83. The van der Waals surface area contributed by atoms with Gasteiger partial charge in [-0.15, -0.1) is 0 Å². The first-order chi connectivity index (χ1) is 11.6. The van der Waals surface area contributed by atoms with Crippen LogP contribution in [0.25, 0.3) is 0 Å². The Kier molecular flexibility index (Phi) is 5.90. The Morgan fingerprint density at radius 1 is 0.880 bits per heavy atom. The Balaban J connectivity index is 2.69. The second kappa shape index (κ2) is 7.58. The van der Waals surface area contributed by atoms with E-state index in [4.69, 9.17) is 0 Å². The number of aromatic hydroxyl groups is 2. The van der Waals surface area contributed by atoms with E-state index in [-0.39, 0.29) is 23.1 Å². The summed E-state index contributed by atoms with van der Waals surface area (Å²) in [4.78, 5) is 0. The zero-order valence-corrected chi connectivity index (χ0v) is 16.8. The van der Waals surface area contributed by atoms with Crippen LogP contribution in [0.4, 0.5) is 0 Å². The fourth-order valence-corrected chi connectivity index (χ4v) is 3.94. The van der Waals surface area contributed by atoms with E-state index in [1.54, 1.807) is 6.66 Å². The zero-order chi connectivity index (χ0) is 18.9. The third-order valence-electron chi connectivity index (χ3n) is 4.90. The van der Waals surface area contributed by atoms with Crippen molar-refractivity contribution in [3.05, 3.63) is 57.6 Å². The van der Waals surface area contributed by atoms with Crippen LogP contribution >= 0.6 is 7.80 Å². The maximum Gasteiger partial charge on any atom is 0.338 e. The highest BCUT2D eigenvalue weighted by Gasteiger charge is 2.30. The van der Waals surface area contributed by atoms with Crippen LogP contribution in [-0.2, 0) is 4.57 Å². The lowest BCUT2D eigenvalue weighted by atomic mass is 9.83. The van der Waals surface area contributed by atoms with Gasteiger partial charge in [0.05, 0.1) is 0 Å². The molecule has 2 unspecified atom stereocenters. The maximum absolute atomic E-state index is 12.0. The molecule has 2 atom stereocenters. The van der Waals surface area contributed by atoms with Gasteiger partial charge < -0.3 is 10.2 Å². The largest absolute Gasteiger partial charge is 0.507 e. The first-order valence-corrected chi connectivity index (χ1v) is 10.4. The molecule has 0 spiro atoms. The summed E-state index contributed by atoms with van der Waals surface area (Å²) in [5, 5.41) is 21.4. The van der Waals surface area contributed by atoms with Crippen LogP contribution < -0.4 is 0 Å². The van der Waals surface area contributed by atoms with Crippen molar-refractivity contribution in [1.29, 1.82) is 0 Å². The highest BCUT2D eigenvalue weighted by Crippen LogP contribution is 2.44. The summed E-state index contributed by atoms with van der Waals surface area (Å²) < 4.78 is 12.0. The van der Waals surface area contributed by atoms with Gasteiger partial charge in [0.1, 0.15) is 18.2 Å². The molecule has 134 valence electrons. The molecule has 2 aromatic rings. The van der Waals surface area contributed by atoms with E-state index >= 15 is 0 Å². The van der Waals surface area contributed by atoms with E-state index in [1.165, 1.54) is 0 Å². The van der Waals surface area contributed by atoms with E-state index in [0.717, 1.165) is 33.4 Å². The SMILES string of the molecule is Cc1cc(C)c(O)c(C(CC(C)[P+](C)=O)c2cc(C)cc(C)c2O)c1. The number of hydrogen-bond acceptors (Lipinski definition) is 3. The summed E-state index contributed by atoms with van der Waals surface area (Å²) in [6.07, 6.45) is 0.610. The summed E-state index contributed by atoms with van der Waals surface area (Å²) in [5.41, 5.74) is 5.33. The average Bonchev–Trinajstić information content (AvgIpc) is 2.52. The lowest BCUT2D eigenvalue weighted by Crippen LogP contribution is -2.10. The van der Waals surface area contributed by atoms with Crippen molar-refractivity contribution in [2.75, 3.05) is 6.66 Å². The predicted molar refractivity (Wildman–Crippen MR) is 105 cm³/mol. The first kappa shape index (κ1) is 19.5. The highest BCUT2D eigenvalue weighted by atomic mass is 31.1. The van der Waals surface area contributed by atoms with E-state index in [2.05, 4.69) is 0 Å². The van der Waals surface area contributed by atoms with Gasteiger partial charge in [-0.05, 0) is 45.7 Å². The fraction of sp³-hybridized carbons (Fsp3) is 0.429. The van der Waals surface area contributed by atoms with Crippen LogP contribution in [0.2, 0.25) is 0 Å². The molecule has 3 nitrogen and oxygen atoms in total. The van der Waals surface area contributed by atoms with Gasteiger partial charge in [0.2, 0.25) is 0 Å². The lowest BCUT2D eigenvalue weighted by molar-refractivity contribution is 0.445. The monoisotopic (exact) mass is 359 g/mol. The molecule has 0 saturated heterocycles. The number of phenols is 2. The minimum absolute atomic E-state index is 0.0135. The Labute approximate surface area is 151 Å². The maximum atomic E-state index is 12.0. The quantitative estimate of drug-likeness (QED) is 0.673. The molecule has 2 N–H and O–H groups in total. The number of aryl methyl sites for hydroxylation is 4. The Hall–Kier alpha value is -1.86. The van der Waals surface area contributed by atoms with Gasteiger partial charge in [-0.1, -0.05) is 40.0 Å². The molecular weight excluding hydrogens is 331 g/mol. The van der Waals surface area contributed by atoms with Crippen LogP contribution in [0, 0.1) is 27.7 Å². The summed E-state index contributed by atoms with van der Waals surface area (Å²) >= 11 is 0. The third-order valence-corrected chi connectivity index (χ3v) is 6.35. The zero-order valence-electron chi connectivity index (χ0n) is 15.9. The molecule has 2 aromatic carbocycles. The second-order valence-corrected chi connectivity index (χ2v) is 9.20. The van der Waals surface area contributed by atoms with Gasteiger partial charge in [0, 0.05) is 23.5 Å². The normalized spacial score (nSPS) is 13.2. The molecule has 0 fully saturated rings. The van der Waals surface area contributed by atoms with Crippen LogP contribution in [-0.4, -0.2) is 22.5 Å². The molecule has 0 aliphatic carbocycles. The fourth-order valence-electron chi connectivity index (χ4n) is 3.43. The summed E-state index contributed by atoms with van der Waals surface area (Å²) in [5.74, 6) is 0.312. The predicted octanol–water partition coefficient (Wildman–Crippen LogP) is 5.70. The number of phenolic OH excluding ortho intramolecular Hbond substituents is 2. The Morgan fingerprint density at radius 3 is 1.64 bits per heavy atom. The minimum Gasteiger partial charge on any atom is -0.507 e. The van der Waals surface area contributed by atoms with Crippen LogP contribution in [0.15, 0.2) is 24.3 Å². The topological polar surface area (TPSA) is 57.5 Å². The van der Waals surface area contributed by atoms with Crippen molar-refractivity contribution in [2.45, 2.75) is 52.6 Å². The van der Waals surface area contributed by atoms with E-state index in [1.807, 2.05) is 58.9 Å². The van der Waals surface area contributed by atoms with Crippen molar-refractivity contribution >= 4 is 7.80 Å². The van der Waals surface area contributed by atoms with Crippen LogP contribution in [0.3, 0.4) is 0 Å². The van der Waals surface area contributed by atoms with Gasteiger partial charge in [-0.25, -0.2) is 0 Å². The van der Waals surface area contributed by atoms with Crippen molar-refractivity contribution in [3.63, 3.8) is 0 Å². The van der Waals surface area contributed by atoms with Crippen molar-refractivity contribution in [3.8, 4) is 11.5 Å². The van der Waals surface area contributed by atoms with Gasteiger partial charge in [-0.2, -0.15) is 0 Å². The smallest absolute Gasteiger partial charge is 0.338 e. The second-order valence-electron chi connectivity index (χ2n) is 7.22. The Bertz CT molecular complexity index is 754. The molecule has 2 rings (SSSR count). The number of rotatable bonds is 5. The number of hydrogen-bond donors (Lipinski definition) is 2. The molecule has 25 heavy (non-hydrogen) atoms. The van der Waals surface area contributed by atoms with Crippen LogP contribution in [0.1, 0.15) is 52.6 Å². The molecule has 0 aromatic heterocycles. The minimum atomic E-state index is -1.34. The third kappa shape index (κ3) is 4.22.